The molecule has 0 amide bonds. The summed E-state index contributed by atoms with van der Waals surface area (Å²) >= 11 is 0. The minimum absolute atomic E-state index is 0.0421. The third-order valence-corrected chi connectivity index (χ3v) is 4.49. The standard InChI is InChI=1S/C16H21F2NO2/c1-19(11-12-9-13(17)5-6-14(12)18)16(10-15(20)21)7-3-2-4-8-16/h5-6,9H,2-4,7-8,10-11H2,1H3,(H,20,21). The van der Waals surface area contributed by atoms with Crippen LogP contribution in [-0.2, 0) is 11.3 Å². The van der Waals surface area contributed by atoms with Crippen LogP contribution in [0.4, 0.5) is 8.78 Å². The summed E-state index contributed by atoms with van der Waals surface area (Å²) in [6.07, 6.45) is 4.66. The number of nitrogens with zero attached hydrogens (tertiary/aromatic N) is 1. The fourth-order valence-electron chi connectivity index (χ4n) is 3.27. The van der Waals surface area contributed by atoms with Gasteiger partial charge in [-0.2, -0.15) is 0 Å². The van der Waals surface area contributed by atoms with Crippen molar-refractivity contribution in [3.05, 3.63) is 35.4 Å². The number of halogens is 2. The Morgan fingerprint density at radius 2 is 1.95 bits per heavy atom. The predicted molar refractivity (Wildman–Crippen MR) is 75.9 cm³/mol. The van der Waals surface area contributed by atoms with Crippen molar-refractivity contribution >= 4 is 5.97 Å². The van der Waals surface area contributed by atoms with Crippen LogP contribution in [0.3, 0.4) is 0 Å². The molecule has 116 valence electrons. The van der Waals surface area contributed by atoms with Gasteiger partial charge in [-0.05, 0) is 38.1 Å². The number of aliphatic carboxylic acids is 1. The molecule has 0 bridgehead atoms. The minimum atomic E-state index is -0.844. The molecule has 1 aromatic rings. The summed E-state index contributed by atoms with van der Waals surface area (Å²) < 4.78 is 27.0. The summed E-state index contributed by atoms with van der Waals surface area (Å²) in [5.74, 6) is -1.77. The van der Waals surface area contributed by atoms with Crippen LogP contribution in [0.5, 0.6) is 0 Å². The van der Waals surface area contributed by atoms with Crippen molar-refractivity contribution in [1.29, 1.82) is 0 Å². The molecule has 2 rings (SSSR count). The van der Waals surface area contributed by atoms with Gasteiger partial charge in [0.2, 0.25) is 0 Å². The van der Waals surface area contributed by atoms with E-state index in [-0.39, 0.29) is 18.5 Å². The number of carboxylic acid groups (broad SMARTS) is 1. The molecule has 0 saturated heterocycles. The van der Waals surface area contributed by atoms with E-state index >= 15 is 0 Å². The summed E-state index contributed by atoms with van der Waals surface area (Å²) in [6.45, 7) is 0.219. The highest BCUT2D eigenvalue weighted by Crippen LogP contribution is 2.36. The van der Waals surface area contributed by atoms with E-state index in [0.717, 1.165) is 44.2 Å². The van der Waals surface area contributed by atoms with Crippen LogP contribution in [0, 0.1) is 11.6 Å². The van der Waals surface area contributed by atoms with Crippen molar-refractivity contribution in [3.63, 3.8) is 0 Å². The van der Waals surface area contributed by atoms with Crippen LogP contribution in [-0.4, -0.2) is 28.6 Å². The largest absolute Gasteiger partial charge is 0.481 e. The van der Waals surface area contributed by atoms with Crippen LogP contribution in [0.15, 0.2) is 18.2 Å². The Bertz CT molecular complexity index is 513. The Kier molecular flexibility index (Phi) is 4.93. The van der Waals surface area contributed by atoms with Gasteiger partial charge in [-0.1, -0.05) is 19.3 Å². The van der Waals surface area contributed by atoms with Crippen LogP contribution >= 0.6 is 0 Å². The first-order valence-electron chi connectivity index (χ1n) is 7.30. The van der Waals surface area contributed by atoms with Gasteiger partial charge in [0.15, 0.2) is 0 Å². The average Bonchev–Trinajstić information content (AvgIpc) is 2.43. The van der Waals surface area contributed by atoms with Gasteiger partial charge in [0.05, 0.1) is 6.42 Å². The van der Waals surface area contributed by atoms with E-state index < -0.39 is 23.1 Å². The highest BCUT2D eigenvalue weighted by Gasteiger charge is 2.38. The van der Waals surface area contributed by atoms with Gasteiger partial charge in [0, 0.05) is 17.6 Å². The second kappa shape index (κ2) is 6.52. The maximum absolute atomic E-state index is 13.8. The molecule has 5 heteroatoms. The molecular formula is C16H21F2NO2. The van der Waals surface area contributed by atoms with Crippen molar-refractivity contribution in [2.24, 2.45) is 0 Å². The highest BCUT2D eigenvalue weighted by molar-refractivity contribution is 5.68. The summed E-state index contributed by atoms with van der Waals surface area (Å²) in [6, 6.07) is 3.39. The van der Waals surface area contributed by atoms with E-state index in [4.69, 9.17) is 0 Å². The van der Waals surface area contributed by atoms with E-state index in [1.165, 1.54) is 6.07 Å². The molecule has 1 aliphatic rings. The maximum Gasteiger partial charge on any atom is 0.305 e. The lowest BCUT2D eigenvalue weighted by molar-refractivity contribution is -0.141. The lowest BCUT2D eigenvalue weighted by Crippen LogP contribution is -2.49. The zero-order chi connectivity index (χ0) is 15.5. The zero-order valence-corrected chi connectivity index (χ0v) is 12.2. The van der Waals surface area contributed by atoms with Crippen LogP contribution in [0.1, 0.15) is 44.1 Å². The zero-order valence-electron chi connectivity index (χ0n) is 12.2. The molecule has 0 unspecified atom stereocenters. The molecule has 1 aliphatic carbocycles. The second-order valence-corrected chi connectivity index (χ2v) is 5.95. The molecule has 1 N–H and O–H groups in total. The lowest BCUT2D eigenvalue weighted by atomic mass is 9.78. The Labute approximate surface area is 123 Å². The van der Waals surface area contributed by atoms with Gasteiger partial charge in [-0.25, -0.2) is 8.78 Å². The number of hydrogen-bond acceptors (Lipinski definition) is 2. The highest BCUT2D eigenvalue weighted by atomic mass is 19.1. The molecule has 0 aromatic heterocycles. The molecular weight excluding hydrogens is 276 g/mol. The normalized spacial score (nSPS) is 17.9. The van der Waals surface area contributed by atoms with E-state index in [2.05, 4.69) is 0 Å². The molecule has 3 nitrogen and oxygen atoms in total. The molecule has 0 spiro atoms. The Balaban J connectivity index is 2.19. The molecule has 1 fully saturated rings. The Hall–Kier alpha value is -1.49. The number of carbonyl (C=O) groups is 1. The Morgan fingerprint density at radius 1 is 1.29 bits per heavy atom. The summed E-state index contributed by atoms with van der Waals surface area (Å²) in [5.41, 5.74) is -0.184. The monoisotopic (exact) mass is 297 g/mol. The average molecular weight is 297 g/mol. The molecule has 0 atom stereocenters. The van der Waals surface area contributed by atoms with Crippen molar-refractivity contribution < 1.29 is 18.7 Å². The molecule has 0 radical (unpaired) electrons. The molecule has 0 aliphatic heterocycles. The summed E-state index contributed by atoms with van der Waals surface area (Å²) in [5, 5.41) is 9.18. The van der Waals surface area contributed by atoms with Gasteiger partial charge in [0.1, 0.15) is 11.6 Å². The number of rotatable bonds is 5. The first kappa shape index (κ1) is 15.9. The Morgan fingerprint density at radius 3 is 2.57 bits per heavy atom. The number of carboxylic acids is 1. The van der Waals surface area contributed by atoms with Gasteiger partial charge in [0.25, 0.3) is 0 Å². The van der Waals surface area contributed by atoms with Crippen molar-refractivity contribution in [2.45, 2.75) is 50.6 Å². The topological polar surface area (TPSA) is 40.5 Å². The summed E-state index contributed by atoms with van der Waals surface area (Å²) in [4.78, 5) is 13.1. The summed E-state index contributed by atoms with van der Waals surface area (Å²) in [7, 11) is 1.80. The van der Waals surface area contributed by atoms with Gasteiger partial charge < -0.3 is 5.11 Å². The van der Waals surface area contributed by atoms with Crippen LogP contribution < -0.4 is 0 Å². The predicted octanol–water partition coefficient (Wildman–Crippen LogP) is 3.57. The van der Waals surface area contributed by atoms with E-state index in [0.29, 0.717) is 0 Å². The van der Waals surface area contributed by atoms with Gasteiger partial charge in [-0.3, -0.25) is 9.69 Å². The smallest absolute Gasteiger partial charge is 0.305 e. The van der Waals surface area contributed by atoms with Gasteiger partial charge >= 0.3 is 5.97 Å². The second-order valence-electron chi connectivity index (χ2n) is 5.95. The number of hydrogen-bond donors (Lipinski definition) is 1. The third kappa shape index (κ3) is 3.79. The molecule has 0 heterocycles. The number of benzene rings is 1. The van der Waals surface area contributed by atoms with E-state index in [9.17, 15) is 18.7 Å². The van der Waals surface area contributed by atoms with E-state index in [1.54, 1.807) is 7.05 Å². The molecule has 1 saturated carbocycles. The van der Waals surface area contributed by atoms with Crippen molar-refractivity contribution in [3.8, 4) is 0 Å². The fraction of sp³-hybridized carbons (Fsp3) is 0.562. The first-order valence-corrected chi connectivity index (χ1v) is 7.30. The van der Waals surface area contributed by atoms with Crippen LogP contribution in [0.2, 0.25) is 0 Å². The fourth-order valence-corrected chi connectivity index (χ4v) is 3.27. The quantitative estimate of drug-likeness (QED) is 0.903. The molecule has 1 aromatic carbocycles. The maximum atomic E-state index is 13.8. The van der Waals surface area contributed by atoms with Crippen LogP contribution in [0.25, 0.3) is 0 Å². The third-order valence-electron chi connectivity index (χ3n) is 4.49. The van der Waals surface area contributed by atoms with Crippen molar-refractivity contribution in [1.82, 2.24) is 4.90 Å². The van der Waals surface area contributed by atoms with Gasteiger partial charge in [-0.15, -0.1) is 0 Å². The molecule has 21 heavy (non-hydrogen) atoms. The van der Waals surface area contributed by atoms with E-state index in [1.807, 2.05) is 4.90 Å². The SMILES string of the molecule is CN(Cc1cc(F)ccc1F)C1(CC(=O)O)CCCCC1. The minimum Gasteiger partial charge on any atom is -0.481 e. The lowest BCUT2D eigenvalue weighted by Gasteiger charge is -2.44. The van der Waals surface area contributed by atoms with Crippen molar-refractivity contribution in [2.75, 3.05) is 7.05 Å². The first-order chi connectivity index (χ1) is 9.93.